The zero-order valence-corrected chi connectivity index (χ0v) is 32.0. The van der Waals surface area contributed by atoms with Gasteiger partial charge in [0.05, 0.1) is 13.2 Å². The molecular formula is C40H82N2O4. The van der Waals surface area contributed by atoms with Crippen molar-refractivity contribution in [2.24, 2.45) is 11.8 Å². The molecule has 2 unspecified atom stereocenters. The molecule has 0 radical (unpaired) electrons. The average molecular weight is 655 g/mol. The van der Waals surface area contributed by atoms with E-state index < -0.39 is 0 Å². The minimum Gasteiger partial charge on any atom is -0.465 e. The smallest absolute Gasteiger partial charge is 0.305 e. The van der Waals surface area contributed by atoms with Crippen LogP contribution in [-0.2, 0) is 19.1 Å². The van der Waals surface area contributed by atoms with Gasteiger partial charge in [-0.3, -0.25) is 9.59 Å². The molecule has 2 atom stereocenters. The normalized spacial score (nSPS) is 12.3. The maximum absolute atomic E-state index is 11.7. The van der Waals surface area contributed by atoms with Crippen LogP contribution in [0.4, 0.5) is 0 Å². The van der Waals surface area contributed by atoms with Gasteiger partial charge in [-0.15, -0.1) is 0 Å². The molecule has 0 bridgehead atoms. The van der Waals surface area contributed by atoms with Crippen molar-refractivity contribution < 1.29 is 19.1 Å². The number of hydrogen-bond donors (Lipinski definition) is 2. The predicted molar refractivity (Wildman–Crippen MR) is 199 cm³/mol. The molecule has 276 valence electrons. The molecule has 0 aliphatic carbocycles. The lowest BCUT2D eigenvalue weighted by molar-refractivity contribution is -0.146. The second-order valence-corrected chi connectivity index (χ2v) is 13.4. The first-order valence-electron chi connectivity index (χ1n) is 20.2. The lowest BCUT2D eigenvalue weighted by Gasteiger charge is -2.14. The van der Waals surface area contributed by atoms with Crippen molar-refractivity contribution in [3.8, 4) is 0 Å². The second kappa shape index (κ2) is 40.0. The molecule has 0 spiro atoms. The number of ether oxygens (including phenoxy) is 2. The van der Waals surface area contributed by atoms with Crippen molar-refractivity contribution in [1.82, 2.24) is 10.6 Å². The topological polar surface area (TPSA) is 76.7 Å². The van der Waals surface area contributed by atoms with E-state index in [2.05, 4.69) is 52.2 Å². The minimum absolute atomic E-state index is 0.00697. The average Bonchev–Trinajstić information content (AvgIpc) is 3.07. The first-order valence-corrected chi connectivity index (χ1v) is 20.2. The van der Waals surface area contributed by atoms with Gasteiger partial charge in [-0.1, -0.05) is 131 Å². The Balaban J connectivity index is 0. The summed E-state index contributed by atoms with van der Waals surface area (Å²) >= 11 is 0. The molecule has 6 nitrogen and oxygen atoms in total. The van der Waals surface area contributed by atoms with Crippen molar-refractivity contribution in [2.45, 2.75) is 196 Å². The molecular weight excluding hydrogens is 572 g/mol. The van der Waals surface area contributed by atoms with E-state index in [1.165, 1.54) is 89.9 Å². The maximum Gasteiger partial charge on any atom is 0.305 e. The molecule has 0 saturated heterocycles. The van der Waals surface area contributed by atoms with Gasteiger partial charge in [0.1, 0.15) is 0 Å². The summed E-state index contributed by atoms with van der Waals surface area (Å²) in [6.07, 6.45) is 27.7. The van der Waals surface area contributed by atoms with Crippen molar-refractivity contribution >= 4 is 11.9 Å². The van der Waals surface area contributed by atoms with Crippen LogP contribution in [0.2, 0.25) is 0 Å². The molecule has 0 aromatic heterocycles. The highest BCUT2D eigenvalue weighted by molar-refractivity contribution is 5.69. The third kappa shape index (κ3) is 37.3. The Kier molecular flexibility index (Phi) is 40.9. The Hall–Kier alpha value is -1.14. The summed E-state index contributed by atoms with van der Waals surface area (Å²) in [5, 5.41) is 6.97. The van der Waals surface area contributed by atoms with E-state index in [0.29, 0.717) is 37.9 Å². The molecule has 0 aliphatic heterocycles. The van der Waals surface area contributed by atoms with Gasteiger partial charge in [0.25, 0.3) is 0 Å². The van der Waals surface area contributed by atoms with Crippen LogP contribution in [0.15, 0.2) is 0 Å². The van der Waals surface area contributed by atoms with Gasteiger partial charge >= 0.3 is 11.9 Å². The van der Waals surface area contributed by atoms with Gasteiger partial charge in [-0.2, -0.15) is 0 Å². The Morgan fingerprint density at radius 2 is 0.761 bits per heavy atom. The quantitative estimate of drug-likeness (QED) is 0.0531. The fourth-order valence-electron chi connectivity index (χ4n) is 5.36. The fraction of sp³-hybridized carbons (Fsp3) is 0.950. The van der Waals surface area contributed by atoms with Crippen LogP contribution in [0.25, 0.3) is 0 Å². The highest BCUT2D eigenvalue weighted by Gasteiger charge is 2.11. The van der Waals surface area contributed by atoms with Crippen LogP contribution in [0.5, 0.6) is 0 Å². The van der Waals surface area contributed by atoms with Gasteiger partial charge in [0.15, 0.2) is 0 Å². The molecule has 6 heteroatoms. The molecule has 0 aliphatic rings. The standard InChI is InChI=1S/2C20H41NO2/c2*1-4-7-9-12-16-21-17-13-10-11-15-20(22)23-18-19(6-3)14-8-5-2/h2*19,21H,4-18H2,1-3H3. The van der Waals surface area contributed by atoms with Gasteiger partial charge in [-0.25, -0.2) is 0 Å². The number of carbonyl (C=O) groups is 2. The molecule has 0 saturated carbocycles. The Morgan fingerprint density at radius 1 is 0.435 bits per heavy atom. The van der Waals surface area contributed by atoms with Crippen LogP contribution in [0.3, 0.4) is 0 Å². The highest BCUT2D eigenvalue weighted by atomic mass is 16.5. The SMILES string of the molecule is CCCCCCNCCCCCC(=O)OCC(CC)CCCC.CCCCCCNCCCCCC(=O)OCC(CC)CCCC. The minimum atomic E-state index is -0.00697. The number of rotatable bonds is 34. The van der Waals surface area contributed by atoms with Gasteiger partial charge in [0.2, 0.25) is 0 Å². The van der Waals surface area contributed by atoms with Crippen LogP contribution >= 0.6 is 0 Å². The number of unbranched alkanes of at least 4 members (excludes halogenated alkanes) is 12. The highest BCUT2D eigenvalue weighted by Crippen LogP contribution is 2.15. The first kappa shape index (κ1) is 47.0. The summed E-state index contributed by atoms with van der Waals surface area (Å²) in [4.78, 5) is 23.5. The fourth-order valence-corrected chi connectivity index (χ4v) is 5.36. The largest absolute Gasteiger partial charge is 0.465 e. The lowest BCUT2D eigenvalue weighted by atomic mass is 10.0. The predicted octanol–water partition coefficient (Wildman–Crippen LogP) is 11.0. The zero-order valence-electron chi connectivity index (χ0n) is 32.0. The van der Waals surface area contributed by atoms with Gasteiger partial charge in [-0.05, 0) is 89.4 Å². The van der Waals surface area contributed by atoms with E-state index in [9.17, 15) is 9.59 Å². The number of esters is 2. The molecule has 2 N–H and O–H groups in total. The van der Waals surface area contributed by atoms with Gasteiger partial charge < -0.3 is 20.1 Å². The molecule has 46 heavy (non-hydrogen) atoms. The van der Waals surface area contributed by atoms with E-state index in [1.807, 2.05) is 0 Å². The first-order chi connectivity index (χ1) is 22.5. The summed E-state index contributed by atoms with van der Waals surface area (Å²) in [6.45, 7) is 18.9. The monoisotopic (exact) mass is 655 g/mol. The van der Waals surface area contributed by atoms with E-state index in [1.54, 1.807) is 0 Å². The summed E-state index contributed by atoms with van der Waals surface area (Å²) in [7, 11) is 0. The van der Waals surface area contributed by atoms with Crippen molar-refractivity contribution in [3.63, 3.8) is 0 Å². The summed E-state index contributed by atoms with van der Waals surface area (Å²) in [6, 6.07) is 0. The third-order valence-electron chi connectivity index (χ3n) is 8.93. The number of carbonyl (C=O) groups excluding carboxylic acids is 2. The van der Waals surface area contributed by atoms with Crippen LogP contribution < -0.4 is 10.6 Å². The summed E-state index contributed by atoms with van der Waals surface area (Å²) in [5.74, 6) is 1.09. The molecule has 0 aromatic carbocycles. The van der Waals surface area contributed by atoms with E-state index in [4.69, 9.17) is 9.47 Å². The molecule has 0 fully saturated rings. The van der Waals surface area contributed by atoms with Crippen LogP contribution in [0.1, 0.15) is 196 Å². The zero-order chi connectivity index (χ0) is 34.4. The Morgan fingerprint density at radius 3 is 1.07 bits per heavy atom. The maximum atomic E-state index is 11.7. The third-order valence-corrected chi connectivity index (χ3v) is 8.93. The van der Waals surface area contributed by atoms with E-state index in [-0.39, 0.29) is 11.9 Å². The van der Waals surface area contributed by atoms with Crippen LogP contribution in [-0.4, -0.2) is 51.3 Å². The van der Waals surface area contributed by atoms with Crippen molar-refractivity contribution in [3.05, 3.63) is 0 Å². The van der Waals surface area contributed by atoms with Crippen LogP contribution in [0, 0.1) is 11.8 Å². The van der Waals surface area contributed by atoms with Crippen molar-refractivity contribution in [2.75, 3.05) is 39.4 Å². The van der Waals surface area contributed by atoms with E-state index >= 15 is 0 Å². The molecule has 0 rings (SSSR count). The molecule has 0 heterocycles. The number of nitrogens with one attached hydrogen (secondary N) is 2. The lowest BCUT2D eigenvalue weighted by Crippen LogP contribution is -2.17. The Bertz CT molecular complexity index is 564. The molecule has 0 amide bonds. The van der Waals surface area contributed by atoms with Crippen molar-refractivity contribution in [1.29, 1.82) is 0 Å². The number of hydrogen-bond acceptors (Lipinski definition) is 6. The van der Waals surface area contributed by atoms with E-state index in [0.717, 1.165) is 77.5 Å². The summed E-state index contributed by atoms with van der Waals surface area (Å²) < 4.78 is 10.8. The Labute approximate surface area is 288 Å². The second-order valence-electron chi connectivity index (χ2n) is 13.4. The molecule has 0 aromatic rings. The van der Waals surface area contributed by atoms with Gasteiger partial charge in [0, 0.05) is 12.8 Å². The summed E-state index contributed by atoms with van der Waals surface area (Å²) in [5.41, 5.74) is 0.